The smallest absolute Gasteiger partial charge is 0.187 e. The number of hydrogen-bond donors (Lipinski definition) is 1. The molecule has 13 heavy (non-hydrogen) atoms. The lowest BCUT2D eigenvalue weighted by molar-refractivity contribution is 0.410. The molecular weight excluding hydrogens is 324 g/mol. The van der Waals surface area contributed by atoms with Crippen LogP contribution in [0, 0.1) is 0 Å². The van der Waals surface area contributed by atoms with Gasteiger partial charge in [0.2, 0.25) is 0 Å². The summed E-state index contributed by atoms with van der Waals surface area (Å²) in [6, 6.07) is 3.17. The number of benzene rings is 1. The van der Waals surface area contributed by atoms with E-state index in [0.29, 0.717) is 15.1 Å². The molecule has 72 valence electrons. The van der Waals surface area contributed by atoms with Crippen molar-refractivity contribution < 1.29 is 13.5 Å². The Morgan fingerprint density at radius 1 is 1.38 bits per heavy atom. The van der Waals surface area contributed by atoms with Crippen LogP contribution < -0.4 is 4.74 Å². The van der Waals surface area contributed by atoms with Gasteiger partial charge < -0.3 is 9.29 Å². The maximum Gasteiger partial charge on any atom is 0.187 e. The highest BCUT2D eigenvalue weighted by Gasteiger charge is 2.10. The van der Waals surface area contributed by atoms with Crippen LogP contribution in [0.15, 0.2) is 26.0 Å². The fourth-order valence-corrected chi connectivity index (χ4v) is 2.81. The van der Waals surface area contributed by atoms with E-state index >= 15 is 0 Å². The van der Waals surface area contributed by atoms with E-state index in [2.05, 4.69) is 31.9 Å². The third-order valence-electron chi connectivity index (χ3n) is 1.39. The van der Waals surface area contributed by atoms with Gasteiger partial charge in [-0.15, -0.1) is 0 Å². The van der Waals surface area contributed by atoms with Gasteiger partial charge in [0.25, 0.3) is 0 Å². The van der Waals surface area contributed by atoms with Gasteiger partial charge in [0, 0.05) is 10.5 Å². The van der Waals surface area contributed by atoms with E-state index in [9.17, 15) is 4.21 Å². The Kier molecular flexibility index (Phi) is 3.90. The molecule has 3 nitrogen and oxygen atoms in total. The molecular formula is C7H6Br2O3S. The maximum atomic E-state index is 10.8. The quantitative estimate of drug-likeness (QED) is 0.849. The molecule has 1 aromatic carbocycles. The van der Waals surface area contributed by atoms with E-state index in [-0.39, 0.29) is 0 Å². The molecule has 0 saturated heterocycles. The Morgan fingerprint density at radius 2 is 2.00 bits per heavy atom. The van der Waals surface area contributed by atoms with Crippen molar-refractivity contribution in [1.82, 2.24) is 0 Å². The molecule has 0 aliphatic heterocycles. The van der Waals surface area contributed by atoms with E-state index in [4.69, 9.17) is 9.29 Å². The molecule has 0 spiro atoms. The predicted octanol–water partition coefficient (Wildman–Crippen LogP) is 2.80. The van der Waals surface area contributed by atoms with Crippen LogP contribution in [0.25, 0.3) is 0 Å². The van der Waals surface area contributed by atoms with E-state index < -0.39 is 11.1 Å². The second kappa shape index (κ2) is 4.54. The van der Waals surface area contributed by atoms with Crippen molar-refractivity contribution >= 4 is 42.9 Å². The molecule has 0 bridgehead atoms. The molecule has 1 aromatic rings. The zero-order chi connectivity index (χ0) is 10.0. The second-order valence-electron chi connectivity index (χ2n) is 2.17. The Labute approximate surface area is 95.0 Å². The Morgan fingerprint density at radius 3 is 2.46 bits per heavy atom. The van der Waals surface area contributed by atoms with Crippen molar-refractivity contribution in [3.63, 3.8) is 0 Å². The molecule has 0 amide bonds. The van der Waals surface area contributed by atoms with Gasteiger partial charge in [0.05, 0.1) is 16.5 Å². The summed E-state index contributed by atoms with van der Waals surface area (Å²) in [6.45, 7) is 0. The van der Waals surface area contributed by atoms with Crippen LogP contribution in [0.1, 0.15) is 0 Å². The van der Waals surface area contributed by atoms with Gasteiger partial charge in [-0.25, -0.2) is 4.21 Å². The van der Waals surface area contributed by atoms with Crippen molar-refractivity contribution in [2.45, 2.75) is 4.90 Å². The highest BCUT2D eigenvalue weighted by atomic mass is 79.9. The maximum absolute atomic E-state index is 10.8. The lowest BCUT2D eigenvalue weighted by atomic mass is 10.3. The van der Waals surface area contributed by atoms with Gasteiger partial charge in [-0.05, 0) is 37.9 Å². The first-order valence-electron chi connectivity index (χ1n) is 3.20. The summed E-state index contributed by atoms with van der Waals surface area (Å²) in [5, 5.41) is 0. The van der Waals surface area contributed by atoms with Gasteiger partial charge in [0.15, 0.2) is 11.1 Å². The van der Waals surface area contributed by atoms with Crippen LogP contribution in [0.4, 0.5) is 0 Å². The summed E-state index contributed by atoms with van der Waals surface area (Å²) in [7, 11) is 1.50. The average molecular weight is 330 g/mol. The molecule has 0 aliphatic rings. The van der Waals surface area contributed by atoms with Crippen LogP contribution in [0.2, 0.25) is 0 Å². The van der Waals surface area contributed by atoms with E-state index in [1.165, 1.54) is 13.2 Å². The van der Waals surface area contributed by atoms with Gasteiger partial charge in [-0.1, -0.05) is 0 Å². The average Bonchev–Trinajstić information content (AvgIpc) is 2.03. The predicted molar refractivity (Wildman–Crippen MR) is 57.4 cm³/mol. The molecule has 6 heteroatoms. The number of ether oxygens (including phenoxy) is 1. The standard InChI is InChI=1S/C7H6Br2O3S/c1-12-6-3-7(13(10)11)5(9)2-4(6)8/h2-3H,1H3,(H,10,11). The van der Waals surface area contributed by atoms with Crippen molar-refractivity contribution in [1.29, 1.82) is 0 Å². The van der Waals surface area contributed by atoms with Crippen molar-refractivity contribution in [3.8, 4) is 5.75 Å². The van der Waals surface area contributed by atoms with Crippen molar-refractivity contribution in [2.24, 2.45) is 0 Å². The van der Waals surface area contributed by atoms with Crippen molar-refractivity contribution in [2.75, 3.05) is 7.11 Å². The summed E-state index contributed by atoms with van der Waals surface area (Å²) in [6.07, 6.45) is 0. The highest BCUT2D eigenvalue weighted by molar-refractivity contribution is 9.11. The summed E-state index contributed by atoms with van der Waals surface area (Å²) >= 11 is 4.42. The molecule has 0 aliphatic carbocycles. The zero-order valence-electron chi connectivity index (χ0n) is 6.58. The van der Waals surface area contributed by atoms with E-state index in [1.54, 1.807) is 6.07 Å². The number of rotatable bonds is 2. The minimum Gasteiger partial charge on any atom is -0.496 e. The minimum atomic E-state index is -2.01. The first kappa shape index (κ1) is 11.2. The topological polar surface area (TPSA) is 46.5 Å². The van der Waals surface area contributed by atoms with Crippen LogP contribution >= 0.6 is 31.9 Å². The van der Waals surface area contributed by atoms with Crippen LogP contribution in [-0.4, -0.2) is 15.9 Å². The first-order valence-corrected chi connectivity index (χ1v) is 5.89. The van der Waals surface area contributed by atoms with Crippen molar-refractivity contribution in [3.05, 3.63) is 21.1 Å². The normalized spacial score (nSPS) is 12.6. The third kappa shape index (κ3) is 2.52. The fourth-order valence-electron chi connectivity index (χ4n) is 0.801. The van der Waals surface area contributed by atoms with Crippen LogP contribution in [-0.2, 0) is 11.1 Å². The van der Waals surface area contributed by atoms with Gasteiger partial charge in [-0.3, -0.25) is 0 Å². The Hall–Kier alpha value is 0.0900. The van der Waals surface area contributed by atoms with E-state index in [0.717, 1.165) is 4.47 Å². The molecule has 0 heterocycles. The first-order chi connectivity index (χ1) is 6.06. The number of hydrogen-bond acceptors (Lipinski definition) is 2. The Bertz CT molecular complexity index is 354. The lowest BCUT2D eigenvalue weighted by Crippen LogP contribution is -1.93. The van der Waals surface area contributed by atoms with Gasteiger partial charge >= 0.3 is 0 Å². The van der Waals surface area contributed by atoms with Gasteiger partial charge in [-0.2, -0.15) is 0 Å². The van der Waals surface area contributed by atoms with Gasteiger partial charge in [0.1, 0.15) is 5.75 Å². The zero-order valence-corrected chi connectivity index (χ0v) is 10.6. The van der Waals surface area contributed by atoms with Crippen LogP contribution in [0.5, 0.6) is 5.75 Å². The number of halogens is 2. The molecule has 0 saturated carbocycles. The summed E-state index contributed by atoms with van der Waals surface area (Å²) in [4.78, 5) is 0.292. The molecule has 1 rings (SSSR count). The molecule has 0 fully saturated rings. The highest BCUT2D eigenvalue weighted by Crippen LogP contribution is 2.32. The third-order valence-corrected chi connectivity index (χ3v) is 3.65. The monoisotopic (exact) mass is 328 g/mol. The Balaban J connectivity index is 3.30. The second-order valence-corrected chi connectivity index (χ2v) is 4.81. The SMILES string of the molecule is COc1cc(S(=O)O)c(Br)cc1Br. The molecule has 1 N–H and O–H groups in total. The van der Waals surface area contributed by atoms with Crippen LogP contribution in [0.3, 0.4) is 0 Å². The summed E-state index contributed by atoms with van der Waals surface area (Å²) in [5.74, 6) is 0.528. The molecule has 0 radical (unpaired) electrons. The minimum absolute atomic E-state index is 0.292. The summed E-state index contributed by atoms with van der Waals surface area (Å²) < 4.78 is 26.0. The van der Waals surface area contributed by atoms with E-state index in [1.807, 2.05) is 0 Å². The molecule has 1 unspecified atom stereocenters. The molecule has 1 atom stereocenters. The largest absolute Gasteiger partial charge is 0.496 e. The molecule has 0 aromatic heterocycles. The summed E-state index contributed by atoms with van der Waals surface area (Å²) in [5.41, 5.74) is 0. The lowest BCUT2D eigenvalue weighted by Gasteiger charge is -2.06. The fraction of sp³-hybridized carbons (Fsp3) is 0.143. The number of methoxy groups -OCH3 is 1.